The maximum atomic E-state index is 12.5. The Morgan fingerprint density at radius 3 is 2.48 bits per heavy atom. The number of aromatic nitrogens is 4. The molecule has 0 N–H and O–H groups in total. The lowest BCUT2D eigenvalue weighted by atomic mass is 10.2. The molecule has 2 aromatic heterocycles. The van der Waals surface area contributed by atoms with Gasteiger partial charge in [0.2, 0.25) is 15.0 Å². The molecule has 0 saturated heterocycles. The Balaban J connectivity index is 2.00. The van der Waals surface area contributed by atoms with E-state index >= 15 is 0 Å². The molecule has 0 aliphatic heterocycles. The van der Waals surface area contributed by atoms with Gasteiger partial charge in [-0.15, -0.1) is 0 Å². The number of benzene rings is 1. The Kier molecular flexibility index (Phi) is 3.96. The number of hydrogen-bond acceptors (Lipinski definition) is 5. The van der Waals surface area contributed by atoms with Crippen LogP contribution in [0.4, 0.5) is 0 Å². The highest BCUT2D eigenvalue weighted by atomic mass is 32.2. The molecule has 0 bridgehead atoms. The predicted octanol–water partition coefficient (Wildman–Crippen LogP) is 2.16. The first-order chi connectivity index (χ1) is 11.0. The van der Waals surface area contributed by atoms with E-state index < -0.39 is 9.84 Å². The van der Waals surface area contributed by atoms with Crippen molar-refractivity contribution in [2.45, 2.75) is 17.8 Å². The molecule has 7 heteroatoms. The summed E-state index contributed by atoms with van der Waals surface area (Å²) in [6.45, 7) is 1.86. The van der Waals surface area contributed by atoms with Crippen molar-refractivity contribution in [3.8, 4) is 11.4 Å². The lowest BCUT2D eigenvalue weighted by Crippen LogP contribution is -2.10. The van der Waals surface area contributed by atoms with Crippen molar-refractivity contribution in [3.05, 3.63) is 60.2 Å². The fourth-order valence-electron chi connectivity index (χ4n) is 2.39. The van der Waals surface area contributed by atoms with Crippen molar-refractivity contribution in [1.29, 1.82) is 0 Å². The molecule has 0 unspecified atom stereocenters. The topological polar surface area (TPSA) is 77.7 Å². The van der Waals surface area contributed by atoms with E-state index in [9.17, 15) is 8.42 Å². The molecular weight excluding hydrogens is 312 g/mol. The zero-order valence-electron chi connectivity index (χ0n) is 12.8. The van der Waals surface area contributed by atoms with Gasteiger partial charge in [0.15, 0.2) is 0 Å². The van der Waals surface area contributed by atoms with Crippen LogP contribution in [0.1, 0.15) is 11.3 Å². The van der Waals surface area contributed by atoms with Crippen molar-refractivity contribution in [1.82, 2.24) is 19.5 Å². The molecule has 3 aromatic rings. The first-order valence-electron chi connectivity index (χ1n) is 7.05. The van der Waals surface area contributed by atoms with Crippen LogP contribution in [0.15, 0.2) is 54.1 Å². The number of hydrogen-bond donors (Lipinski definition) is 0. The van der Waals surface area contributed by atoms with Gasteiger partial charge >= 0.3 is 0 Å². The monoisotopic (exact) mass is 328 g/mol. The lowest BCUT2D eigenvalue weighted by Gasteiger charge is -2.07. The number of nitrogens with zero attached hydrogens (tertiary/aromatic N) is 4. The molecule has 0 fully saturated rings. The minimum Gasteiger partial charge on any atom is -0.332 e. The molecular formula is C16H16N4O2S. The van der Waals surface area contributed by atoms with Gasteiger partial charge in [0, 0.05) is 13.2 Å². The van der Waals surface area contributed by atoms with E-state index in [1.807, 2.05) is 24.6 Å². The van der Waals surface area contributed by atoms with Crippen molar-refractivity contribution >= 4 is 9.84 Å². The fraction of sp³-hybridized carbons (Fsp3) is 0.188. The highest BCUT2D eigenvalue weighted by molar-refractivity contribution is 7.90. The molecule has 3 rings (SSSR count). The maximum absolute atomic E-state index is 12.5. The molecule has 1 aromatic carbocycles. The highest BCUT2D eigenvalue weighted by Crippen LogP contribution is 2.21. The zero-order chi connectivity index (χ0) is 16.4. The molecule has 118 valence electrons. The normalized spacial score (nSPS) is 11.6. The largest absolute Gasteiger partial charge is 0.332 e. The quantitative estimate of drug-likeness (QED) is 0.686. The van der Waals surface area contributed by atoms with Crippen LogP contribution in [0.5, 0.6) is 0 Å². The smallest absolute Gasteiger partial charge is 0.248 e. The average molecular weight is 328 g/mol. The molecule has 6 nitrogen and oxygen atoms in total. The van der Waals surface area contributed by atoms with Gasteiger partial charge in [0.1, 0.15) is 0 Å². The van der Waals surface area contributed by atoms with Crippen LogP contribution >= 0.6 is 0 Å². The molecule has 0 aliphatic carbocycles. The summed E-state index contributed by atoms with van der Waals surface area (Å²) in [5.74, 6) is -0.123. The van der Waals surface area contributed by atoms with E-state index in [4.69, 9.17) is 0 Å². The molecule has 23 heavy (non-hydrogen) atoms. The summed E-state index contributed by atoms with van der Waals surface area (Å²) in [7, 11) is -1.76. The summed E-state index contributed by atoms with van der Waals surface area (Å²) in [5.41, 5.74) is 2.82. The van der Waals surface area contributed by atoms with Gasteiger partial charge in [0.25, 0.3) is 0 Å². The number of sulfone groups is 1. The summed E-state index contributed by atoms with van der Waals surface area (Å²) >= 11 is 0. The SMILES string of the molecule is Cc1ncn(C)c1-c1ccnc(S(=O)(=O)Cc2ccccc2)n1. The Labute approximate surface area is 134 Å². The minimum atomic E-state index is -3.60. The Morgan fingerprint density at radius 2 is 1.83 bits per heavy atom. The third-order valence-electron chi connectivity index (χ3n) is 3.47. The van der Waals surface area contributed by atoms with Crippen LogP contribution in [0.25, 0.3) is 11.4 Å². The summed E-state index contributed by atoms with van der Waals surface area (Å²) in [6.07, 6.45) is 3.14. The van der Waals surface area contributed by atoms with Gasteiger partial charge in [0.05, 0.1) is 29.2 Å². The van der Waals surface area contributed by atoms with Crippen LogP contribution in [0.3, 0.4) is 0 Å². The summed E-state index contributed by atoms with van der Waals surface area (Å²) in [4.78, 5) is 12.4. The van der Waals surface area contributed by atoms with E-state index in [0.29, 0.717) is 11.3 Å². The first kappa shape index (κ1) is 15.4. The van der Waals surface area contributed by atoms with Gasteiger partial charge in [-0.25, -0.2) is 23.4 Å². The van der Waals surface area contributed by atoms with E-state index in [-0.39, 0.29) is 10.9 Å². The van der Waals surface area contributed by atoms with Gasteiger partial charge in [-0.05, 0) is 18.6 Å². The fourth-order valence-corrected chi connectivity index (χ4v) is 3.61. The Morgan fingerprint density at radius 1 is 1.09 bits per heavy atom. The van der Waals surface area contributed by atoms with Crippen LogP contribution in [0.2, 0.25) is 0 Å². The van der Waals surface area contributed by atoms with Gasteiger partial charge < -0.3 is 4.57 Å². The van der Waals surface area contributed by atoms with Crippen LogP contribution in [-0.4, -0.2) is 27.9 Å². The molecule has 0 spiro atoms. The zero-order valence-corrected chi connectivity index (χ0v) is 13.7. The Hall–Kier alpha value is -2.54. The summed E-state index contributed by atoms with van der Waals surface area (Å²) < 4.78 is 26.9. The first-order valence-corrected chi connectivity index (χ1v) is 8.70. The van der Waals surface area contributed by atoms with Crippen LogP contribution < -0.4 is 0 Å². The molecule has 2 heterocycles. The summed E-state index contributed by atoms with van der Waals surface area (Å²) in [5, 5.41) is -0.167. The minimum absolute atomic E-state index is 0.123. The third-order valence-corrected chi connectivity index (χ3v) is 4.94. The summed E-state index contributed by atoms with van der Waals surface area (Å²) in [6, 6.07) is 10.7. The van der Waals surface area contributed by atoms with E-state index in [0.717, 1.165) is 11.4 Å². The standard InChI is InChI=1S/C16H16N4O2S/c1-12-15(20(2)11-18-12)14-8-9-17-16(19-14)23(21,22)10-13-6-4-3-5-7-13/h3-9,11H,10H2,1-2H3. The Bertz CT molecular complexity index is 914. The lowest BCUT2D eigenvalue weighted by molar-refractivity contribution is 0.586. The molecule has 0 aliphatic rings. The van der Waals surface area contributed by atoms with Crippen molar-refractivity contribution in [3.63, 3.8) is 0 Å². The van der Waals surface area contributed by atoms with E-state index in [1.54, 1.807) is 36.7 Å². The second-order valence-electron chi connectivity index (χ2n) is 5.26. The van der Waals surface area contributed by atoms with Crippen molar-refractivity contribution in [2.24, 2.45) is 7.05 Å². The second-order valence-corrected chi connectivity index (χ2v) is 7.14. The van der Waals surface area contributed by atoms with Crippen molar-refractivity contribution < 1.29 is 8.42 Å². The van der Waals surface area contributed by atoms with Crippen LogP contribution in [-0.2, 0) is 22.6 Å². The number of aryl methyl sites for hydroxylation is 2. The van der Waals surface area contributed by atoms with Gasteiger partial charge in [-0.1, -0.05) is 30.3 Å². The molecule has 0 saturated carbocycles. The third kappa shape index (κ3) is 3.14. The average Bonchev–Trinajstić information content (AvgIpc) is 2.87. The highest BCUT2D eigenvalue weighted by Gasteiger charge is 2.20. The maximum Gasteiger partial charge on any atom is 0.248 e. The van der Waals surface area contributed by atoms with E-state index in [2.05, 4.69) is 15.0 Å². The van der Waals surface area contributed by atoms with Crippen LogP contribution in [0, 0.1) is 6.92 Å². The second kappa shape index (κ2) is 5.92. The van der Waals surface area contributed by atoms with Crippen molar-refractivity contribution in [2.75, 3.05) is 0 Å². The number of rotatable bonds is 4. The molecule has 0 radical (unpaired) electrons. The number of imidazole rings is 1. The van der Waals surface area contributed by atoms with Gasteiger partial charge in [-0.3, -0.25) is 0 Å². The molecule has 0 amide bonds. The predicted molar refractivity (Wildman–Crippen MR) is 86.3 cm³/mol. The van der Waals surface area contributed by atoms with Gasteiger partial charge in [-0.2, -0.15) is 0 Å². The van der Waals surface area contributed by atoms with E-state index in [1.165, 1.54) is 6.20 Å². The molecule has 0 atom stereocenters.